The average molecular weight is 434 g/mol. The molecule has 1 aliphatic heterocycles. The van der Waals surface area contributed by atoms with E-state index in [-0.39, 0.29) is 30.4 Å². The minimum Gasteiger partial charge on any atom is -0.330 e. The molecule has 0 spiro atoms. The summed E-state index contributed by atoms with van der Waals surface area (Å²) in [6, 6.07) is 19.5. The molecule has 1 unspecified atom stereocenters. The highest BCUT2D eigenvalue weighted by Crippen LogP contribution is 2.42. The van der Waals surface area contributed by atoms with Crippen LogP contribution in [0, 0.1) is 0 Å². The second-order valence-electron chi connectivity index (χ2n) is 8.12. The summed E-state index contributed by atoms with van der Waals surface area (Å²) in [6.45, 7) is 1.94. The van der Waals surface area contributed by atoms with Gasteiger partial charge in [-0.2, -0.15) is 0 Å². The third-order valence-electron chi connectivity index (χ3n) is 6.09. The molecule has 2 amide bonds. The molecule has 1 aromatic heterocycles. The maximum Gasteiger partial charge on any atom is 0.247 e. The summed E-state index contributed by atoms with van der Waals surface area (Å²) < 4.78 is 2.13. The number of carbonyl (C=O) groups is 2. The number of carbonyl (C=O) groups excluding carboxylic acids is 2. The molecule has 2 aromatic carbocycles. The monoisotopic (exact) mass is 433 g/mol. The Hall–Kier alpha value is -3.05. The third-order valence-corrected chi connectivity index (χ3v) is 6.34. The van der Waals surface area contributed by atoms with E-state index in [2.05, 4.69) is 4.57 Å². The van der Waals surface area contributed by atoms with Crippen LogP contribution in [0.5, 0.6) is 0 Å². The van der Waals surface area contributed by atoms with Crippen molar-refractivity contribution >= 4 is 29.1 Å². The average Bonchev–Trinajstić information content (AvgIpc) is 3.51. The fourth-order valence-corrected chi connectivity index (χ4v) is 4.58. The third kappa shape index (κ3) is 3.53. The van der Waals surface area contributed by atoms with Gasteiger partial charge in [-0.1, -0.05) is 42.8 Å². The van der Waals surface area contributed by atoms with Crippen molar-refractivity contribution in [1.29, 1.82) is 0 Å². The van der Waals surface area contributed by atoms with E-state index in [0.717, 1.165) is 35.5 Å². The van der Waals surface area contributed by atoms with E-state index in [9.17, 15) is 9.59 Å². The fraction of sp³-hybridized carbons (Fsp3) is 0.280. The van der Waals surface area contributed by atoms with Gasteiger partial charge in [0.25, 0.3) is 0 Å². The highest BCUT2D eigenvalue weighted by Gasteiger charge is 2.39. The van der Waals surface area contributed by atoms with Crippen molar-refractivity contribution < 1.29 is 9.59 Å². The number of hydrogen-bond donors (Lipinski definition) is 0. The molecule has 1 fully saturated rings. The quantitative estimate of drug-likeness (QED) is 0.570. The van der Waals surface area contributed by atoms with Gasteiger partial charge in [0.1, 0.15) is 12.6 Å². The predicted molar refractivity (Wildman–Crippen MR) is 122 cm³/mol. The molecular weight excluding hydrogens is 410 g/mol. The molecule has 1 saturated carbocycles. The van der Waals surface area contributed by atoms with Crippen LogP contribution in [0.2, 0.25) is 5.02 Å². The van der Waals surface area contributed by atoms with E-state index >= 15 is 0 Å². The number of fused-ring (bicyclic) bond motifs is 3. The van der Waals surface area contributed by atoms with Gasteiger partial charge in [-0.15, -0.1) is 0 Å². The number of amides is 2. The minimum atomic E-state index is -0.299. The molecule has 2 heterocycles. The van der Waals surface area contributed by atoms with Crippen LogP contribution in [0.15, 0.2) is 66.9 Å². The Kier molecular flexibility index (Phi) is 5.06. The van der Waals surface area contributed by atoms with Gasteiger partial charge >= 0.3 is 0 Å². The lowest BCUT2D eigenvalue weighted by atomic mass is 9.97. The summed E-state index contributed by atoms with van der Waals surface area (Å²) in [5.41, 5.74) is 3.79. The fourth-order valence-electron chi connectivity index (χ4n) is 4.45. The second kappa shape index (κ2) is 7.89. The number of benzene rings is 2. The number of rotatable bonds is 5. The first kappa shape index (κ1) is 19.9. The van der Waals surface area contributed by atoms with Gasteiger partial charge in [-0.25, -0.2) is 0 Å². The van der Waals surface area contributed by atoms with Crippen molar-refractivity contribution in [2.24, 2.45) is 0 Å². The first-order chi connectivity index (χ1) is 15.1. The van der Waals surface area contributed by atoms with Gasteiger partial charge in [0.15, 0.2) is 0 Å². The SMILES string of the molecule is CCC(=O)N(CC(=O)N1c2ccccc2-n2cccc2C1c1ccc(Cl)cc1)C1CC1. The molecule has 1 atom stereocenters. The molecule has 31 heavy (non-hydrogen) atoms. The number of halogens is 1. The van der Waals surface area contributed by atoms with Crippen LogP contribution in [0.3, 0.4) is 0 Å². The molecule has 6 heteroatoms. The number of anilines is 1. The number of hydrogen-bond acceptors (Lipinski definition) is 2. The number of nitrogens with zero attached hydrogens (tertiary/aromatic N) is 3. The van der Waals surface area contributed by atoms with Gasteiger partial charge in [0, 0.05) is 23.7 Å². The maximum atomic E-state index is 13.8. The lowest BCUT2D eigenvalue weighted by molar-refractivity contribution is -0.135. The van der Waals surface area contributed by atoms with Crippen LogP contribution in [0.1, 0.15) is 43.5 Å². The Morgan fingerprint density at radius 1 is 1.00 bits per heavy atom. The van der Waals surface area contributed by atoms with E-state index in [4.69, 9.17) is 11.6 Å². The zero-order chi connectivity index (χ0) is 21.5. The Morgan fingerprint density at radius 3 is 2.39 bits per heavy atom. The molecule has 0 saturated heterocycles. The van der Waals surface area contributed by atoms with Crippen LogP contribution in [-0.4, -0.2) is 33.9 Å². The molecule has 1 aliphatic carbocycles. The van der Waals surface area contributed by atoms with Crippen LogP contribution in [0.25, 0.3) is 5.69 Å². The van der Waals surface area contributed by atoms with Crippen LogP contribution in [0.4, 0.5) is 5.69 Å². The smallest absolute Gasteiger partial charge is 0.247 e. The Bertz CT molecular complexity index is 1130. The first-order valence-corrected chi connectivity index (χ1v) is 11.1. The Balaban J connectivity index is 1.60. The summed E-state index contributed by atoms with van der Waals surface area (Å²) in [5, 5.41) is 0.654. The van der Waals surface area contributed by atoms with Crippen LogP contribution >= 0.6 is 11.6 Å². The summed E-state index contributed by atoms with van der Waals surface area (Å²) in [5.74, 6) is -0.0406. The van der Waals surface area contributed by atoms with Crippen molar-refractivity contribution in [3.8, 4) is 5.69 Å². The predicted octanol–water partition coefficient (Wildman–Crippen LogP) is 4.97. The molecule has 0 radical (unpaired) electrons. The number of para-hydroxylation sites is 2. The lowest BCUT2D eigenvalue weighted by Gasteiger charge is -2.39. The maximum absolute atomic E-state index is 13.8. The van der Waals surface area contributed by atoms with E-state index in [1.165, 1.54) is 0 Å². The second-order valence-corrected chi connectivity index (χ2v) is 8.55. The normalized spacial score (nSPS) is 17.1. The van der Waals surface area contributed by atoms with Gasteiger partial charge < -0.3 is 9.47 Å². The van der Waals surface area contributed by atoms with Crippen LogP contribution < -0.4 is 4.90 Å². The van der Waals surface area contributed by atoms with Crippen molar-refractivity contribution in [3.63, 3.8) is 0 Å². The van der Waals surface area contributed by atoms with Crippen molar-refractivity contribution in [1.82, 2.24) is 9.47 Å². The largest absolute Gasteiger partial charge is 0.330 e. The molecular formula is C25H24ClN3O2. The van der Waals surface area contributed by atoms with Gasteiger partial charge in [-0.05, 0) is 54.8 Å². The van der Waals surface area contributed by atoms with Crippen molar-refractivity contribution in [2.45, 2.75) is 38.3 Å². The highest BCUT2D eigenvalue weighted by atomic mass is 35.5. The minimum absolute atomic E-state index is 0.0348. The molecule has 5 rings (SSSR count). The zero-order valence-electron chi connectivity index (χ0n) is 17.4. The van der Waals surface area contributed by atoms with E-state index < -0.39 is 0 Å². The summed E-state index contributed by atoms with van der Waals surface area (Å²) in [6.07, 6.45) is 4.37. The molecule has 158 valence electrons. The molecule has 5 nitrogen and oxygen atoms in total. The van der Waals surface area contributed by atoms with Crippen molar-refractivity contribution in [2.75, 3.05) is 11.4 Å². The van der Waals surface area contributed by atoms with Gasteiger partial charge in [0.2, 0.25) is 11.8 Å². The van der Waals surface area contributed by atoms with E-state index in [1.54, 1.807) is 4.90 Å². The van der Waals surface area contributed by atoms with E-state index in [0.29, 0.717) is 11.4 Å². The lowest BCUT2D eigenvalue weighted by Crippen LogP contribution is -2.47. The molecule has 3 aromatic rings. The van der Waals surface area contributed by atoms with Gasteiger partial charge in [0.05, 0.1) is 17.1 Å². The van der Waals surface area contributed by atoms with E-state index in [1.807, 2.05) is 78.7 Å². The summed E-state index contributed by atoms with van der Waals surface area (Å²) >= 11 is 6.14. The van der Waals surface area contributed by atoms with Crippen LogP contribution in [-0.2, 0) is 9.59 Å². The van der Waals surface area contributed by atoms with Crippen molar-refractivity contribution in [3.05, 3.63) is 83.1 Å². The highest BCUT2D eigenvalue weighted by molar-refractivity contribution is 6.30. The standard InChI is InChI=1S/C25H24ClN3O2/c1-2-23(30)28(19-13-14-19)16-24(31)29-21-7-4-3-6-20(21)27-15-5-8-22(27)25(29)17-9-11-18(26)12-10-17/h3-12,15,19,25H,2,13-14,16H2,1H3. The topological polar surface area (TPSA) is 45.6 Å². The Labute approximate surface area is 186 Å². The molecule has 2 aliphatic rings. The first-order valence-electron chi connectivity index (χ1n) is 10.7. The molecule has 0 bridgehead atoms. The Morgan fingerprint density at radius 2 is 1.71 bits per heavy atom. The summed E-state index contributed by atoms with van der Waals surface area (Å²) in [7, 11) is 0. The summed E-state index contributed by atoms with van der Waals surface area (Å²) in [4.78, 5) is 30.0. The zero-order valence-corrected chi connectivity index (χ0v) is 18.1. The van der Waals surface area contributed by atoms with Gasteiger partial charge in [-0.3, -0.25) is 14.5 Å². The molecule has 0 N–H and O–H groups in total. The number of aromatic nitrogens is 1.